The fourth-order valence-corrected chi connectivity index (χ4v) is 4.46. The van der Waals surface area contributed by atoms with Gasteiger partial charge in [-0.15, -0.1) is 0 Å². The summed E-state index contributed by atoms with van der Waals surface area (Å²) in [5, 5.41) is 15.6. The Labute approximate surface area is 173 Å². The molecular weight excluding hydrogens is 446 g/mol. The summed E-state index contributed by atoms with van der Waals surface area (Å²) < 4.78 is 28.5. The Morgan fingerprint density at radius 1 is 1.36 bits per heavy atom. The molecule has 1 fully saturated rings. The van der Waals surface area contributed by atoms with Crippen LogP contribution in [0, 0.1) is 6.92 Å². The van der Waals surface area contributed by atoms with Crippen molar-refractivity contribution in [3.05, 3.63) is 34.4 Å². The van der Waals surface area contributed by atoms with Crippen LogP contribution in [0.3, 0.4) is 0 Å². The van der Waals surface area contributed by atoms with Crippen molar-refractivity contribution >= 4 is 43.4 Å². The number of hydrogen-bond donors (Lipinski definition) is 4. The zero-order valence-electron chi connectivity index (χ0n) is 15.7. The molecule has 0 radical (unpaired) electrons. The van der Waals surface area contributed by atoms with Gasteiger partial charge in [0.15, 0.2) is 0 Å². The van der Waals surface area contributed by atoms with Gasteiger partial charge in [-0.2, -0.15) is 4.98 Å². The zero-order chi connectivity index (χ0) is 20.3. The van der Waals surface area contributed by atoms with Crippen LogP contribution >= 0.6 is 15.9 Å². The number of aliphatic hydroxyl groups is 1. The number of nitrogens with zero attached hydrogens (tertiary/aromatic N) is 2. The summed E-state index contributed by atoms with van der Waals surface area (Å²) in [6, 6.07) is 5.04. The highest BCUT2D eigenvalue weighted by molar-refractivity contribution is 9.10. The Morgan fingerprint density at radius 3 is 2.75 bits per heavy atom. The largest absolute Gasteiger partial charge is 0.394 e. The number of sulfonamides is 1. The number of hydrogen-bond acceptors (Lipinski definition) is 7. The predicted octanol–water partition coefficient (Wildman–Crippen LogP) is 2.91. The van der Waals surface area contributed by atoms with Gasteiger partial charge in [0, 0.05) is 17.9 Å². The van der Waals surface area contributed by atoms with Crippen LogP contribution in [0.15, 0.2) is 33.8 Å². The van der Waals surface area contributed by atoms with Crippen molar-refractivity contribution in [2.24, 2.45) is 0 Å². The lowest BCUT2D eigenvalue weighted by molar-refractivity contribution is 0.271. The molecule has 152 valence electrons. The van der Waals surface area contributed by atoms with E-state index < -0.39 is 10.0 Å². The number of aromatic nitrogens is 2. The summed E-state index contributed by atoms with van der Waals surface area (Å²) in [7, 11) is -3.56. The molecule has 0 amide bonds. The van der Waals surface area contributed by atoms with Crippen LogP contribution in [0.2, 0.25) is 0 Å². The third-order valence-electron chi connectivity index (χ3n) is 4.43. The highest BCUT2D eigenvalue weighted by Gasteiger charge is 2.29. The van der Waals surface area contributed by atoms with Gasteiger partial charge in [-0.05, 0) is 59.8 Å². The fourth-order valence-electron chi connectivity index (χ4n) is 2.58. The molecule has 1 aliphatic rings. The van der Waals surface area contributed by atoms with Crippen molar-refractivity contribution in [3.63, 3.8) is 0 Å². The van der Waals surface area contributed by atoms with Crippen LogP contribution < -0.4 is 15.4 Å². The van der Waals surface area contributed by atoms with E-state index in [1.807, 2.05) is 6.92 Å². The molecule has 0 bridgehead atoms. The van der Waals surface area contributed by atoms with E-state index in [1.54, 1.807) is 31.3 Å². The Bertz CT molecular complexity index is 946. The summed E-state index contributed by atoms with van der Waals surface area (Å²) in [6.07, 6.45) is 4.10. The minimum atomic E-state index is -3.56. The minimum Gasteiger partial charge on any atom is -0.394 e. The molecule has 3 rings (SSSR count). The summed E-state index contributed by atoms with van der Waals surface area (Å²) in [6.45, 7) is 3.72. The van der Waals surface area contributed by atoms with Gasteiger partial charge in [-0.3, -0.25) is 0 Å². The molecule has 1 heterocycles. The first-order chi connectivity index (χ1) is 13.3. The van der Waals surface area contributed by atoms with Crippen molar-refractivity contribution in [1.29, 1.82) is 0 Å². The number of rotatable bonds is 9. The second-order valence-electron chi connectivity index (χ2n) is 6.82. The number of halogens is 1. The molecule has 2 aromatic rings. The molecule has 10 heteroatoms. The second-order valence-corrected chi connectivity index (χ2v) is 9.36. The summed E-state index contributed by atoms with van der Waals surface area (Å²) in [4.78, 5) is 8.89. The molecule has 1 aromatic carbocycles. The van der Waals surface area contributed by atoms with Crippen molar-refractivity contribution < 1.29 is 13.5 Å². The Kier molecular flexibility index (Phi) is 6.54. The SMILES string of the molecule is CC[C@H](CO)Nc1nc(Nc2ccc(C)c(S(=O)(=O)NC3CC3)c2)ncc1Br. The van der Waals surface area contributed by atoms with Gasteiger partial charge >= 0.3 is 0 Å². The summed E-state index contributed by atoms with van der Waals surface area (Å²) >= 11 is 3.39. The van der Waals surface area contributed by atoms with E-state index in [9.17, 15) is 13.5 Å². The third-order valence-corrected chi connectivity index (χ3v) is 6.67. The van der Waals surface area contributed by atoms with E-state index in [0.29, 0.717) is 27.5 Å². The normalized spacial score (nSPS) is 15.3. The van der Waals surface area contributed by atoms with E-state index in [1.165, 1.54) is 0 Å². The molecule has 1 saturated carbocycles. The number of aryl methyl sites for hydroxylation is 1. The van der Waals surface area contributed by atoms with Gasteiger partial charge in [-0.25, -0.2) is 18.1 Å². The first-order valence-electron chi connectivity index (χ1n) is 9.12. The van der Waals surface area contributed by atoms with Gasteiger partial charge in [0.05, 0.1) is 22.0 Å². The van der Waals surface area contributed by atoms with Gasteiger partial charge < -0.3 is 15.7 Å². The Morgan fingerprint density at radius 2 is 2.11 bits per heavy atom. The first-order valence-corrected chi connectivity index (χ1v) is 11.4. The van der Waals surface area contributed by atoms with Crippen LogP contribution in [0.1, 0.15) is 31.7 Å². The Balaban J connectivity index is 1.83. The van der Waals surface area contributed by atoms with E-state index in [-0.39, 0.29) is 23.6 Å². The average Bonchev–Trinajstić information content (AvgIpc) is 3.46. The number of nitrogens with one attached hydrogen (secondary N) is 3. The van der Waals surface area contributed by atoms with Crippen LogP contribution in [-0.4, -0.2) is 42.2 Å². The molecule has 0 saturated heterocycles. The van der Waals surface area contributed by atoms with Gasteiger partial charge in [0.2, 0.25) is 16.0 Å². The standard InChI is InChI=1S/C18H24BrN5O3S/c1-3-12(10-25)21-17-15(19)9-20-18(23-17)22-14-5-4-11(2)16(8-14)28(26,27)24-13-6-7-13/h4-5,8-9,12-13,24-25H,3,6-7,10H2,1-2H3,(H2,20,21,22,23)/t12-/m1/s1. The molecule has 4 N–H and O–H groups in total. The quantitative estimate of drug-likeness (QED) is 0.445. The van der Waals surface area contributed by atoms with Crippen LogP contribution in [0.4, 0.5) is 17.5 Å². The molecule has 28 heavy (non-hydrogen) atoms. The monoisotopic (exact) mass is 469 g/mol. The van der Waals surface area contributed by atoms with Crippen molar-refractivity contribution in [2.45, 2.75) is 50.1 Å². The molecule has 0 unspecified atom stereocenters. The van der Waals surface area contributed by atoms with Crippen LogP contribution in [-0.2, 0) is 10.0 Å². The second kappa shape index (κ2) is 8.73. The maximum atomic E-state index is 12.6. The number of anilines is 3. The first kappa shape index (κ1) is 21.0. The average molecular weight is 470 g/mol. The lowest BCUT2D eigenvalue weighted by atomic mass is 10.2. The molecular formula is C18H24BrN5O3S. The third kappa shape index (κ3) is 5.19. The molecule has 0 aliphatic heterocycles. The maximum Gasteiger partial charge on any atom is 0.241 e. The topological polar surface area (TPSA) is 116 Å². The van der Waals surface area contributed by atoms with Gasteiger partial charge in [0.1, 0.15) is 5.82 Å². The maximum absolute atomic E-state index is 12.6. The molecule has 1 atom stereocenters. The Hall–Kier alpha value is -1.75. The van der Waals surface area contributed by atoms with Crippen molar-refractivity contribution in [1.82, 2.24) is 14.7 Å². The molecule has 1 aromatic heterocycles. The highest BCUT2D eigenvalue weighted by Crippen LogP contribution is 2.27. The predicted molar refractivity (Wildman–Crippen MR) is 112 cm³/mol. The molecule has 8 nitrogen and oxygen atoms in total. The van der Waals surface area contributed by atoms with E-state index >= 15 is 0 Å². The zero-order valence-corrected chi connectivity index (χ0v) is 18.1. The molecule has 1 aliphatic carbocycles. The lowest BCUT2D eigenvalue weighted by Crippen LogP contribution is -2.26. The fraction of sp³-hybridized carbons (Fsp3) is 0.444. The van der Waals surface area contributed by atoms with Crippen LogP contribution in [0.5, 0.6) is 0 Å². The smallest absolute Gasteiger partial charge is 0.241 e. The van der Waals surface area contributed by atoms with E-state index in [4.69, 9.17) is 0 Å². The number of aliphatic hydroxyl groups excluding tert-OH is 1. The minimum absolute atomic E-state index is 0.0110. The van der Waals surface area contributed by atoms with Crippen molar-refractivity contribution in [2.75, 3.05) is 17.2 Å². The van der Waals surface area contributed by atoms with E-state index in [2.05, 4.69) is 41.3 Å². The lowest BCUT2D eigenvalue weighted by Gasteiger charge is -2.16. The van der Waals surface area contributed by atoms with E-state index in [0.717, 1.165) is 19.3 Å². The number of benzene rings is 1. The van der Waals surface area contributed by atoms with Gasteiger partial charge in [0.25, 0.3) is 0 Å². The van der Waals surface area contributed by atoms with Crippen LogP contribution in [0.25, 0.3) is 0 Å². The summed E-state index contributed by atoms with van der Waals surface area (Å²) in [5.41, 5.74) is 1.25. The van der Waals surface area contributed by atoms with Gasteiger partial charge in [-0.1, -0.05) is 13.0 Å². The van der Waals surface area contributed by atoms with Crippen molar-refractivity contribution in [3.8, 4) is 0 Å². The summed E-state index contributed by atoms with van der Waals surface area (Å²) in [5.74, 6) is 0.870. The molecule has 0 spiro atoms. The highest BCUT2D eigenvalue weighted by atomic mass is 79.9.